The summed E-state index contributed by atoms with van der Waals surface area (Å²) in [5.74, 6) is -0.411. The monoisotopic (exact) mass is 406 g/mol. The van der Waals surface area contributed by atoms with Gasteiger partial charge in [-0.3, -0.25) is 9.59 Å². The molecular formula is C24H22O6. The number of benzene rings is 3. The Kier molecular flexibility index (Phi) is 7.05. The maximum atomic E-state index is 10.8. The van der Waals surface area contributed by atoms with Gasteiger partial charge < -0.3 is 19.7 Å². The van der Waals surface area contributed by atoms with Crippen LogP contribution >= 0.6 is 0 Å². The van der Waals surface area contributed by atoms with E-state index >= 15 is 0 Å². The second-order valence-corrected chi connectivity index (χ2v) is 6.77. The van der Waals surface area contributed by atoms with Crippen LogP contribution in [-0.2, 0) is 35.6 Å². The number of hydrogen-bond donors (Lipinski definition) is 2. The Morgan fingerprint density at radius 2 is 0.967 bits per heavy atom. The summed E-state index contributed by atoms with van der Waals surface area (Å²) in [5, 5.41) is 17.7. The molecule has 3 aromatic carbocycles. The number of ether oxygens (including phenoxy) is 2. The molecule has 3 rings (SSSR count). The van der Waals surface area contributed by atoms with E-state index in [1.807, 2.05) is 24.3 Å². The SMILES string of the molecule is O=C(O)Cc1ccc(OCc2ccccc2COc2ccc(CC(=O)O)cc2)cc1. The highest BCUT2D eigenvalue weighted by Gasteiger charge is 2.06. The minimum absolute atomic E-state index is 0.0161. The number of aliphatic carboxylic acids is 2. The zero-order chi connectivity index (χ0) is 21.3. The zero-order valence-corrected chi connectivity index (χ0v) is 16.3. The summed E-state index contributed by atoms with van der Waals surface area (Å²) in [4.78, 5) is 21.5. The highest BCUT2D eigenvalue weighted by molar-refractivity contribution is 5.70. The Bertz CT molecular complexity index is 910. The summed E-state index contributed by atoms with van der Waals surface area (Å²) in [5.41, 5.74) is 3.40. The Labute approximate surface area is 174 Å². The summed E-state index contributed by atoms with van der Waals surface area (Å²) in [6.07, 6.45) is -0.0323. The zero-order valence-electron chi connectivity index (χ0n) is 16.3. The maximum Gasteiger partial charge on any atom is 0.307 e. The van der Waals surface area contributed by atoms with Crippen LogP contribution < -0.4 is 9.47 Å². The van der Waals surface area contributed by atoms with Gasteiger partial charge in [-0.1, -0.05) is 48.5 Å². The third-order valence-electron chi connectivity index (χ3n) is 4.46. The lowest BCUT2D eigenvalue weighted by molar-refractivity contribution is -0.137. The smallest absolute Gasteiger partial charge is 0.307 e. The van der Waals surface area contributed by atoms with Gasteiger partial charge in [-0.25, -0.2) is 0 Å². The van der Waals surface area contributed by atoms with Crippen molar-refractivity contribution < 1.29 is 29.3 Å². The first kappa shape index (κ1) is 20.9. The first-order valence-electron chi connectivity index (χ1n) is 9.43. The number of carboxylic acid groups (broad SMARTS) is 2. The van der Waals surface area contributed by atoms with Crippen LogP contribution in [0.15, 0.2) is 72.8 Å². The molecule has 0 saturated carbocycles. The number of hydrogen-bond acceptors (Lipinski definition) is 4. The van der Waals surface area contributed by atoms with Gasteiger partial charge in [-0.15, -0.1) is 0 Å². The summed E-state index contributed by atoms with van der Waals surface area (Å²) in [7, 11) is 0. The topological polar surface area (TPSA) is 93.1 Å². The van der Waals surface area contributed by atoms with E-state index in [-0.39, 0.29) is 12.8 Å². The van der Waals surface area contributed by atoms with Crippen molar-refractivity contribution in [3.8, 4) is 11.5 Å². The first-order chi connectivity index (χ1) is 14.5. The van der Waals surface area contributed by atoms with Gasteiger partial charge in [0.1, 0.15) is 24.7 Å². The van der Waals surface area contributed by atoms with Crippen molar-refractivity contribution in [2.45, 2.75) is 26.1 Å². The third-order valence-corrected chi connectivity index (χ3v) is 4.46. The van der Waals surface area contributed by atoms with Gasteiger partial charge in [-0.2, -0.15) is 0 Å². The lowest BCUT2D eigenvalue weighted by atomic mass is 10.1. The minimum atomic E-state index is -0.867. The van der Waals surface area contributed by atoms with Gasteiger partial charge in [0.05, 0.1) is 12.8 Å². The van der Waals surface area contributed by atoms with Crippen molar-refractivity contribution in [2.24, 2.45) is 0 Å². The van der Waals surface area contributed by atoms with Crippen molar-refractivity contribution in [3.63, 3.8) is 0 Å². The minimum Gasteiger partial charge on any atom is -0.489 e. The van der Waals surface area contributed by atoms with Crippen LogP contribution in [0.5, 0.6) is 11.5 Å². The van der Waals surface area contributed by atoms with E-state index in [4.69, 9.17) is 19.7 Å². The molecule has 0 radical (unpaired) electrons. The molecule has 0 bridgehead atoms. The lowest BCUT2D eigenvalue weighted by Gasteiger charge is -2.13. The van der Waals surface area contributed by atoms with Gasteiger partial charge in [0, 0.05) is 0 Å². The lowest BCUT2D eigenvalue weighted by Crippen LogP contribution is -2.04. The molecule has 0 heterocycles. The Morgan fingerprint density at radius 1 is 0.600 bits per heavy atom. The van der Waals surface area contributed by atoms with Crippen LogP contribution in [-0.4, -0.2) is 22.2 Å². The standard InChI is InChI=1S/C24H22O6/c25-23(26)13-17-5-9-21(10-6-17)29-15-19-3-1-2-4-20(19)16-30-22-11-7-18(8-12-22)14-24(27)28/h1-12H,13-16H2,(H,25,26)(H,27,28). The fourth-order valence-corrected chi connectivity index (χ4v) is 2.92. The van der Waals surface area contributed by atoms with E-state index in [0.29, 0.717) is 24.7 Å². The normalized spacial score (nSPS) is 10.4. The van der Waals surface area contributed by atoms with Crippen molar-refractivity contribution in [1.82, 2.24) is 0 Å². The molecule has 0 amide bonds. The molecule has 2 N–H and O–H groups in total. The van der Waals surface area contributed by atoms with Gasteiger partial charge in [0.15, 0.2) is 0 Å². The predicted molar refractivity (Wildman–Crippen MR) is 111 cm³/mol. The van der Waals surface area contributed by atoms with Gasteiger partial charge in [0.2, 0.25) is 0 Å². The van der Waals surface area contributed by atoms with Gasteiger partial charge in [-0.05, 0) is 46.5 Å². The molecule has 0 aromatic heterocycles. The van der Waals surface area contributed by atoms with Gasteiger partial charge >= 0.3 is 11.9 Å². The average Bonchev–Trinajstić information content (AvgIpc) is 2.72. The van der Waals surface area contributed by atoms with Crippen LogP contribution in [0.25, 0.3) is 0 Å². The van der Waals surface area contributed by atoms with Crippen molar-refractivity contribution in [3.05, 3.63) is 95.1 Å². The van der Waals surface area contributed by atoms with Crippen LogP contribution in [0.1, 0.15) is 22.3 Å². The molecule has 0 aliphatic carbocycles. The summed E-state index contributed by atoms with van der Waals surface area (Å²) >= 11 is 0. The summed E-state index contributed by atoms with van der Waals surface area (Å²) in [6, 6.07) is 21.8. The van der Waals surface area contributed by atoms with Crippen LogP contribution in [0.3, 0.4) is 0 Å². The molecule has 0 saturated heterocycles. The van der Waals surface area contributed by atoms with Crippen LogP contribution in [0.4, 0.5) is 0 Å². The van der Waals surface area contributed by atoms with E-state index in [1.54, 1.807) is 48.5 Å². The molecular weight excluding hydrogens is 384 g/mol. The van der Waals surface area contributed by atoms with Crippen molar-refractivity contribution in [1.29, 1.82) is 0 Å². The fourth-order valence-electron chi connectivity index (χ4n) is 2.92. The maximum absolute atomic E-state index is 10.8. The van der Waals surface area contributed by atoms with Crippen LogP contribution in [0.2, 0.25) is 0 Å². The quantitative estimate of drug-likeness (QED) is 0.527. The molecule has 0 aliphatic heterocycles. The highest BCUT2D eigenvalue weighted by Crippen LogP contribution is 2.19. The van der Waals surface area contributed by atoms with Crippen LogP contribution in [0, 0.1) is 0 Å². The van der Waals surface area contributed by atoms with Crippen molar-refractivity contribution >= 4 is 11.9 Å². The van der Waals surface area contributed by atoms with Gasteiger partial charge in [0.25, 0.3) is 0 Å². The molecule has 0 atom stereocenters. The van der Waals surface area contributed by atoms with E-state index < -0.39 is 11.9 Å². The summed E-state index contributed by atoms with van der Waals surface area (Å²) in [6.45, 7) is 0.713. The molecule has 6 nitrogen and oxygen atoms in total. The van der Waals surface area contributed by atoms with E-state index in [0.717, 1.165) is 22.3 Å². The van der Waals surface area contributed by atoms with Crippen molar-refractivity contribution in [2.75, 3.05) is 0 Å². The fraction of sp³-hybridized carbons (Fsp3) is 0.167. The molecule has 0 aliphatic rings. The third kappa shape index (κ3) is 6.38. The molecule has 154 valence electrons. The number of carboxylic acids is 2. The Morgan fingerprint density at radius 3 is 1.30 bits per heavy atom. The van der Waals surface area contributed by atoms with E-state index in [9.17, 15) is 9.59 Å². The molecule has 0 unspecified atom stereocenters. The van der Waals surface area contributed by atoms with E-state index in [2.05, 4.69) is 0 Å². The largest absolute Gasteiger partial charge is 0.489 e. The Hall–Kier alpha value is -3.80. The predicted octanol–water partition coefficient (Wildman–Crippen LogP) is 4.10. The highest BCUT2D eigenvalue weighted by atomic mass is 16.5. The Balaban J connectivity index is 1.57. The second-order valence-electron chi connectivity index (χ2n) is 6.77. The number of rotatable bonds is 10. The molecule has 30 heavy (non-hydrogen) atoms. The molecule has 0 spiro atoms. The average molecular weight is 406 g/mol. The second kappa shape index (κ2) is 10.1. The molecule has 0 fully saturated rings. The molecule has 3 aromatic rings. The summed E-state index contributed by atoms with van der Waals surface area (Å²) < 4.78 is 11.7. The first-order valence-corrected chi connectivity index (χ1v) is 9.43. The number of carbonyl (C=O) groups is 2. The van der Waals surface area contributed by atoms with E-state index in [1.165, 1.54) is 0 Å². The molecule has 6 heteroatoms.